The van der Waals surface area contributed by atoms with Gasteiger partial charge >= 0.3 is 0 Å². The van der Waals surface area contributed by atoms with Crippen molar-refractivity contribution in [2.45, 2.75) is 0 Å². The normalized spacial score (nSPS) is 11.5. The Kier molecular flexibility index (Phi) is 5.47. The molecule has 0 aliphatic heterocycles. The van der Waals surface area contributed by atoms with Gasteiger partial charge in [-0.1, -0.05) is 12.1 Å². The minimum atomic E-state index is -3.34. The Labute approximate surface area is 140 Å². The molecule has 0 aliphatic rings. The lowest BCUT2D eigenvalue weighted by Gasteiger charge is -2.11. The van der Waals surface area contributed by atoms with Crippen LogP contribution in [0, 0.1) is 0 Å². The summed E-state index contributed by atoms with van der Waals surface area (Å²) in [5, 5.41) is 2.60. The number of hydrogen-bond acceptors (Lipinski definition) is 6. The van der Waals surface area contributed by atoms with Crippen LogP contribution >= 0.6 is 0 Å². The Hall–Kier alpha value is -2.52. The van der Waals surface area contributed by atoms with E-state index in [2.05, 4.69) is 15.3 Å². The van der Waals surface area contributed by atoms with Gasteiger partial charge in [-0.3, -0.25) is 9.78 Å². The molecule has 0 saturated heterocycles. The molecule has 9 heteroatoms. The first-order valence-corrected chi connectivity index (χ1v) is 8.77. The van der Waals surface area contributed by atoms with Gasteiger partial charge in [0.25, 0.3) is 5.91 Å². The average molecular weight is 349 g/mol. The zero-order valence-electron chi connectivity index (χ0n) is 13.4. The molecular weight excluding hydrogens is 330 g/mol. The van der Waals surface area contributed by atoms with Crippen LogP contribution < -0.4 is 11.1 Å². The van der Waals surface area contributed by atoms with Gasteiger partial charge < -0.3 is 11.1 Å². The molecule has 1 amide bonds. The molecule has 0 unspecified atom stereocenters. The summed E-state index contributed by atoms with van der Waals surface area (Å²) in [6.07, 6.45) is 2.96. The lowest BCUT2D eigenvalue weighted by Crippen LogP contribution is -2.33. The van der Waals surface area contributed by atoms with Gasteiger partial charge in [-0.2, -0.15) is 0 Å². The maximum absolute atomic E-state index is 12.2. The van der Waals surface area contributed by atoms with E-state index in [4.69, 9.17) is 5.73 Å². The van der Waals surface area contributed by atoms with E-state index in [-0.39, 0.29) is 18.2 Å². The van der Waals surface area contributed by atoms with Crippen molar-refractivity contribution in [1.29, 1.82) is 0 Å². The molecule has 3 N–H and O–H groups in total. The summed E-state index contributed by atoms with van der Waals surface area (Å²) in [6, 6.07) is 6.83. The summed E-state index contributed by atoms with van der Waals surface area (Å²) in [4.78, 5) is 20.3. The molecular formula is C15H19N5O3S. The van der Waals surface area contributed by atoms with Crippen LogP contribution in [0.2, 0.25) is 0 Å². The fourth-order valence-corrected chi connectivity index (χ4v) is 2.61. The van der Waals surface area contributed by atoms with Crippen LogP contribution in [0.15, 0.2) is 36.7 Å². The lowest BCUT2D eigenvalue weighted by molar-refractivity contribution is 0.0956. The quantitative estimate of drug-likeness (QED) is 0.777. The van der Waals surface area contributed by atoms with Crippen molar-refractivity contribution in [2.24, 2.45) is 0 Å². The topological polar surface area (TPSA) is 118 Å². The molecule has 0 fully saturated rings. The van der Waals surface area contributed by atoms with E-state index in [0.29, 0.717) is 17.1 Å². The van der Waals surface area contributed by atoms with Crippen LogP contribution in [0.1, 0.15) is 10.4 Å². The first-order valence-electron chi connectivity index (χ1n) is 7.16. The summed E-state index contributed by atoms with van der Waals surface area (Å²) >= 11 is 0. The molecule has 8 nitrogen and oxygen atoms in total. The van der Waals surface area contributed by atoms with Crippen LogP contribution in [0.25, 0.3) is 11.3 Å². The minimum Gasteiger partial charge on any atom is -0.382 e. The van der Waals surface area contributed by atoms with Crippen LogP contribution in [-0.2, 0) is 10.0 Å². The number of benzene rings is 1. The van der Waals surface area contributed by atoms with Gasteiger partial charge in [0.15, 0.2) is 0 Å². The van der Waals surface area contributed by atoms with E-state index in [1.54, 1.807) is 24.3 Å². The minimum absolute atomic E-state index is 0.0330. The Morgan fingerprint density at radius 2 is 2.00 bits per heavy atom. The van der Waals surface area contributed by atoms with E-state index in [9.17, 15) is 13.2 Å². The maximum Gasteiger partial charge on any atom is 0.251 e. The monoisotopic (exact) mass is 349 g/mol. The molecule has 0 aliphatic carbocycles. The maximum atomic E-state index is 12.2. The van der Waals surface area contributed by atoms with Gasteiger partial charge in [-0.05, 0) is 12.1 Å². The van der Waals surface area contributed by atoms with Crippen molar-refractivity contribution < 1.29 is 13.2 Å². The van der Waals surface area contributed by atoms with Crippen molar-refractivity contribution in [3.8, 4) is 11.3 Å². The standard InChI is InChI=1S/C15H19N5O3S/c1-20(2)24(22,23)7-6-17-15(21)12-5-3-4-11(8-12)13-9-19-14(16)10-18-13/h3-5,8-10H,6-7H2,1-2H3,(H2,16,19)(H,17,21). The SMILES string of the molecule is CN(C)S(=O)(=O)CCNC(=O)c1cccc(-c2cnc(N)cn2)c1. The zero-order chi connectivity index (χ0) is 17.7. The Bertz CT molecular complexity index is 819. The molecule has 1 heterocycles. The predicted molar refractivity (Wildman–Crippen MR) is 91.7 cm³/mol. The molecule has 0 saturated carbocycles. The third kappa shape index (κ3) is 4.49. The third-order valence-corrected chi connectivity index (χ3v) is 5.13. The highest BCUT2D eigenvalue weighted by Crippen LogP contribution is 2.17. The second-order valence-electron chi connectivity index (χ2n) is 5.26. The number of nitrogens with zero attached hydrogens (tertiary/aromatic N) is 3. The molecule has 1 aromatic carbocycles. The summed E-state index contributed by atoms with van der Waals surface area (Å²) < 4.78 is 24.5. The van der Waals surface area contributed by atoms with E-state index in [1.807, 2.05) is 0 Å². The van der Waals surface area contributed by atoms with Crippen molar-refractivity contribution >= 4 is 21.7 Å². The van der Waals surface area contributed by atoms with E-state index >= 15 is 0 Å². The fourth-order valence-electron chi connectivity index (χ4n) is 1.89. The van der Waals surface area contributed by atoms with E-state index in [0.717, 1.165) is 9.87 Å². The third-order valence-electron chi connectivity index (χ3n) is 3.29. The second kappa shape index (κ2) is 7.37. The van der Waals surface area contributed by atoms with Crippen molar-refractivity contribution in [1.82, 2.24) is 19.6 Å². The van der Waals surface area contributed by atoms with Gasteiger partial charge in [0.1, 0.15) is 5.82 Å². The number of rotatable bonds is 6. The Balaban J connectivity index is 2.05. The van der Waals surface area contributed by atoms with Gasteiger partial charge in [-0.15, -0.1) is 0 Å². The number of aromatic nitrogens is 2. The Morgan fingerprint density at radius 3 is 2.62 bits per heavy atom. The number of carbonyl (C=O) groups excluding carboxylic acids is 1. The number of nitrogens with one attached hydrogen (secondary N) is 1. The summed E-state index contributed by atoms with van der Waals surface area (Å²) in [5.41, 5.74) is 7.22. The molecule has 24 heavy (non-hydrogen) atoms. The lowest BCUT2D eigenvalue weighted by atomic mass is 10.1. The van der Waals surface area contributed by atoms with Gasteiger partial charge in [0.05, 0.1) is 23.8 Å². The van der Waals surface area contributed by atoms with Crippen molar-refractivity contribution in [3.05, 3.63) is 42.2 Å². The van der Waals surface area contributed by atoms with Gasteiger partial charge in [-0.25, -0.2) is 17.7 Å². The van der Waals surface area contributed by atoms with E-state index in [1.165, 1.54) is 26.5 Å². The van der Waals surface area contributed by atoms with Gasteiger partial charge in [0.2, 0.25) is 10.0 Å². The molecule has 0 spiro atoms. The fraction of sp³-hybridized carbons (Fsp3) is 0.267. The number of sulfonamides is 1. The van der Waals surface area contributed by atoms with Crippen LogP contribution in [0.3, 0.4) is 0 Å². The van der Waals surface area contributed by atoms with Crippen molar-refractivity contribution in [2.75, 3.05) is 32.1 Å². The molecule has 0 atom stereocenters. The summed E-state index contributed by atoms with van der Waals surface area (Å²) in [5.74, 6) is -0.196. The molecule has 128 valence electrons. The highest BCUT2D eigenvalue weighted by molar-refractivity contribution is 7.89. The van der Waals surface area contributed by atoms with Gasteiger partial charge in [0, 0.05) is 31.8 Å². The molecule has 2 rings (SSSR count). The molecule has 2 aromatic rings. The molecule has 0 radical (unpaired) electrons. The number of anilines is 1. The van der Waals surface area contributed by atoms with Crippen LogP contribution in [0.4, 0.5) is 5.82 Å². The first-order chi connectivity index (χ1) is 11.3. The second-order valence-corrected chi connectivity index (χ2v) is 7.56. The highest BCUT2D eigenvalue weighted by atomic mass is 32.2. The molecule has 0 bridgehead atoms. The number of nitrogen functional groups attached to an aromatic ring is 1. The first kappa shape index (κ1) is 17.8. The average Bonchev–Trinajstić information content (AvgIpc) is 2.55. The smallest absolute Gasteiger partial charge is 0.251 e. The zero-order valence-corrected chi connectivity index (χ0v) is 14.2. The number of carbonyl (C=O) groups is 1. The number of nitrogens with two attached hydrogens (primary N) is 1. The summed E-state index contributed by atoms with van der Waals surface area (Å²) in [7, 11) is -0.437. The summed E-state index contributed by atoms with van der Waals surface area (Å²) in [6.45, 7) is 0.0330. The predicted octanol–water partition coefficient (Wildman–Crippen LogP) is 0.347. The van der Waals surface area contributed by atoms with E-state index < -0.39 is 10.0 Å². The number of hydrogen-bond donors (Lipinski definition) is 2. The largest absolute Gasteiger partial charge is 0.382 e. The number of amides is 1. The van der Waals surface area contributed by atoms with Crippen molar-refractivity contribution in [3.63, 3.8) is 0 Å². The van der Waals surface area contributed by atoms with Crippen LogP contribution in [-0.4, -0.2) is 55.0 Å². The Morgan fingerprint density at radius 1 is 1.25 bits per heavy atom. The molecule has 1 aromatic heterocycles. The van der Waals surface area contributed by atoms with Crippen LogP contribution in [0.5, 0.6) is 0 Å². The highest BCUT2D eigenvalue weighted by Gasteiger charge is 2.14.